The normalized spacial score (nSPS) is 14.5. The maximum Gasteiger partial charge on any atom is 0.472 e. The van der Waals surface area contributed by atoms with Gasteiger partial charge in [0.15, 0.2) is 12.2 Å². The van der Waals surface area contributed by atoms with Gasteiger partial charge in [0.05, 0.1) is 26.4 Å². The highest BCUT2D eigenvalue weighted by Crippen LogP contribution is 2.45. The fourth-order valence-corrected chi connectivity index (χ4v) is 12.7. The lowest BCUT2D eigenvalue weighted by molar-refractivity contribution is -0.161. The third-order valence-electron chi connectivity index (χ3n) is 17.4. The number of phosphoric ester groups is 2. The first-order valence-corrected chi connectivity index (χ1v) is 41.8. The molecule has 3 N–H and O–H groups in total. The van der Waals surface area contributed by atoms with Crippen LogP contribution in [-0.4, -0.2) is 96.7 Å². The minimum atomic E-state index is -4.96. The number of rotatable bonds is 73. The quantitative estimate of drug-likeness (QED) is 0.0169. The first kappa shape index (κ1) is 92.5. The molecule has 0 aliphatic carbocycles. The van der Waals surface area contributed by atoms with E-state index in [4.69, 9.17) is 37.0 Å². The molecule has 0 aliphatic rings. The molecule has 0 amide bonds. The van der Waals surface area contributed by atoms with Gasteiger partial charge in [-0.05, 0) is 63.2 Å². The van der Waals surface area contributed by atoms with Gasteiger partial charge in [0.25, 0.3) is 0 Å². The Morgan fingerprint density at radius 2 is 0.621 bits per heavy atom. The SMILES string of the molecule is CCCCCC/C=C\C=C/CCCCCCCC(=O)OC[C@H](COP(=O)(O)OC[C@@H](O)COP(=O)(O)OC[C@@H](COC(=O)CCCCCCCCC(C)C)OC(=O)CCCCCCCCCCCCC(C)CC)OC(=O)CCCCCCCCCCCCCCCCCCC. The standard InChI is InChI=1S/C76H144O17P2/c1-7-10-12-14-16-18-20-22-24-25-27-29-31-36-40-48-54-60-75(80)92-71(64-86-73(78)58-52-46-39-35-30-28-26-23-21-19-17-15-13-11-8-2)66-90-94(82,83)88-62-70(77)63-89-95(84,85)91-67-72(65-87-74(79)59-53-47-43-42-44-50-56-68(4)5)93-76(81)61-55-49-41-37-33-32-34-38-45-51-57-69(6)9-3/h19,21,23,26,68-72,77H,7-18,20,22,24-25,27-67H2,1-6H3,(H,82,83)(H,84,85)/b21-19-,26-23-/t69?,70-,71-,72-/m1/s1. The predicted molar refractivity (Wildman–Crippen MR) is 386 cm³/mol. The zero-order valence-electron chi connectivity index (χ0n) is 61.5. The lowest BCUT2D eigenvalue weighted by Gasteiger charge is -2.21. The molecule has 0 aromatic heterocycles. The van der Waals surface area contributed by atoms with Crippen molar-refractivity contribution in [3.8, 4) is 0 Å². The van der Waals surface area contributed by atoms with Gasteiger partial charge >= 0.3 is 39.5 Å². The van der Waals surface area contributed by atoms with Crippen molar-refractivity contribution >= 4 is 39.5 Å². The van der Waals surface area contributed by atoms with Gasteiger partial charge < -0.3 is 33.8 Å². The van der Waals surface area contributed by atoms with E-state index in [2.05, 4.69) is 65.8 Å². The third kappa shape index (κ3) is 68.5. The van der Waals surface area contributed by atoms with Crippen molar-refractivity contribution in [2.75, 3.05) is 39.6 Å². The van der Waals surface area contributed by atoms with Crippen LogP contribution in [0.3, 0.4) is 0 Å². The van der Waals surface area contributed by atoms with Crippen LogP contribution in [0.1, 0.15) is 369 Å². The Kier molecular flexibility index (Phi) is 65.6. The summed E-state index contributed by atoms with van der Waals surface area (Å²) >= 11 is 0. The van der Waals surface area contributed by atoms with E-state index in [1.165, 1.54) is 161 Å². The molecule has 560 valence electrons. The number of hydrogen-bond donors (Lipinski definition) is 3. The second-order valence-corrected chi connectivity index (χ2v) is 30.3. The summed E-state index contributed by atoms with van der Waals surface area (Å²) in [5.74, 6) is -0.669. The molecule has 0 spiro atoms. The molecule has 3 unspecified atom stereocenters. The summed E-state index contributed by atoms with van der Waals surface area (Å²) in [6.07, 6.45) is 57.7. The molecule has 0 heterocycles. The van der Waals surface area contributed by atoms with E-state index >= 15 is 0 Å². The average molecular weight is 1390 g/mol. The van der Waals surface area contributed by atoms with Gasteiger partial charge in [0.2, 0.25) is 0 Å². The van der Waals surface area contributed by atoms with Crippen LogP contribution in [0.4, 0.5) is 0 Å². The Hall–Kier alpha value is -2.46. The van der Waals surface area contributed by atoms with Crippen molar-refractivity contribution in [1.82, 2.24) is 0 Å². The fourth-order valence-electron chi connectivity index (χ4n) is 11.1. The van der Waals surface area contributed by atoms with Crippen LogP contribution >= 0.6 is 15.6 Å². The number of phosphoric acid groups is 2. The van der Waals surface area contributed by atoms with Crippen molar-refractivity contribution in [3.05, 3.63) is 24.3 Å². The third-order valence-corrected chi connectivity index (χ3v) is 19.3. The van der Waals surface area contributed by atoms with Crippen LogP contribution in [0.5, 0.6) is 0 Å². The molecule has 95 heavy (non-hydrogen) atoms. The van der Waals surface area contributed by atoms with Crippen molar-refractivity contribution < 1.29 is 80.2 Å². The highest BCUT2D eigenvalue weighted by Gasteiger charge is 2.30. The van der Waals surface area contributed by atoms with E-state index in [9.17, 15) is 43.2 Å². The lowest BCUT2D eigenvalue weighted by Crippen LogP contribution is -2.30. The van der Waals surface area contributed by atoms with Gasteiger partial charge in [-0.2, -0.15) is 0 Å². The van der Waals surface area contributed by atoms with Crippen molar-refractivity contribution in [1.29, 1.82) is 0 Å². The molecule has 0 fully saturated rings. The van der Waals surface area contributed by atoms with Crippen molar-refractivity contribution in [2.24, 2.45) is 11.8 Å². The monoisotopic (exact) mass is 1390 g/mol. The van der Waals surface area contributed by atoms with E-state index in [0.29, 0.717) is 31.6 Å². The molecule has 0 aromatic rings. The summed E-state index contributed by atoms with van der Waals surface area (Å²) in [6.45, 7) is 9.47. The van der Waals surface area contributed by atoms with Gasteiger partial charge in [-0.25, -0.2) is 9.13 Å². The number of esters is 4. The van der Waals surface area contributed by atoms with E-state index < -0.39 is 97.5 Å². The number of carbonyl (C=O) groups is 4. The Morgan fingerprint density at radius 1 is 0.347 bits per heavy atom. The van der Waals surface area contributed by atoms with Gasteiger partial charge in [0.1, 0.15) is 19.3 Å². The summed E-state index contributed by atoms with van der Waals surface area (Å²) < 4.78 is 68.5. The molecule has 0 radical (unpaired) electrons. The molecule has 19 heteroatoms. The summed E-state index contributed by atoms with van der Waals surface area (Å²) in [7, 11) is -9.92. The highest BCUT2D eigenvalue weighted by molar-refractivity contribution is 7.47. The number of allylic oxidation sites excluding steroid dienone is 4. The summed E-state index contributed by atoms with van der Waals surface area (Å²) in [5, 5.41) is 10.6. The van der Waals surface area contributed by atoms with Gasteiger partial charge in [-0.15, -0.1) is 0 Å². The van der Waals surface area contributed by atoms with E-state index in [1.807, 2.05) is 0 Å². The zero-order valence-corrected chi connectivity index (χ0v) is 63.2. The molecule has 17 nitrogen and oxygen atoms in total. The number of ether oxygens (including phenoxy) is 4. The Balaban J connectivity index is 5.28. The Bertz CT molecular complexity index is 1930. The highest BCUT2D eigenvalue weighted by atomic mass is 31.2. The first-order valence-electron chi connectivity index (χ1n) is 38.8. The van der Waals surface area contributed by atoms with E-state index in [-0.39, 0.29) is 25.7 Å². The molecule has 0 saturated carbocycles. The summed E-state index contributed by atoms with van der Waals surface area (Å²) in [5.41, 5.74) is 0. The second kappa shape index (κ2) is 67.4. The Morgan fingerprint density at radius 3 is 0.947 bits per heavy atom. The average Bonchev–Trinajstić information content (AvgIpc) is 1.63. The number of hydrogen-bond acceptors (Lipinski definition) is 15. The maximum absolute atomic E-state index is 13.1. The molecule has 0 aromatic carbocycles. The van der Waals surface area contributed by atoms with Crippen molar-refractivity contribution in [3.63, 3.8) is 0 Å². The van der Waals surface area contributed by atoms with E-state index in [0.717, 1.165) is 121 Å². The first-order chi connectivity index (χ1) is 45.9. The molecule has 6 atom stereocenters. The second-order valence-electron chi connectivity index (χ2n) is 27.4. The lowest BCUT2D eigenvalue weighted by atomic mass is 9.99. The van der Waals surface area contributed by atoms with E-state index in [1.54, 1.807) is 0 Å². The predicted octanol–water partition coefficient (Wildman–Crippen LogP) is 21.9. The summed E-state index contributed by atoms with van der Waals surface area (Å²) in [6, 6.07) is 0. The van der Waals surface area contributed by atoms with Crippen LogP contribution in [0.15, 0.2) is 24.3 Å². The number of aliphatic hydroxyl groups excluding tert-OH is 1. The fraction of sp³-hybridized carbons (Fsp3) is 0.895. The van der Waals surface area contributed by atoms with Crippen LogP contribution in [-0.2, 0) is 65.4 Å². The molecule has 0 rings (SSSR count). The number of unbranched alkanes of at least 4 members (excludes halogenated alkanes) is 39. The molecular formula is C76H144O17P2. The van der Waals surface area contributed by atoms with Crippen LogP contribution < -0.4 is 0 Å². The number of aliphatic hydroxyl groups is 1. The molecule has 0 saturated heterocycles. The molecular weight excluding hydrogens is 1250 g/mol. The minimum Gasteiger partial charge on any atom is -0.462 e. The topological polar surface area (TPSA) is 237 Å². The molecule has 0 aliphatic heterocycles. The van der Waals surface area contributed by atoms with Crippen LogP contribution in [0.2, 0.25) is 0 Å². The van der Waals surface area contributed by atoms with Gasteiger partial charge in [0, 0.05) is 25.7 Å². The van der Waals surface area contributed by atoms with Crippen LogP contribution in [0.25, 0.3) is 0 Å². The van der Waals surface area contributed by atoms with Gasteiger partial charge in [-0.3, -0.25) is 37.3 Å². The molecule has 0 bridgehead atoms. The number of carbonyl (C=O) groups excluding carboxylic acids is 4. The van der Waals surface area contributed by atoms with Crippen LogP contribution in [0, 0.1) is 11.8 Å². The maximum atomic E-state index is 13.1. The zero-order chi connectivity index (χ0) is 70.0. The Labute approximate surface area is 580 Å². The van der Waals surface area contributed by atoms with Gasteiger partial charge in [-0.1, -0.05) is 316 Å². The largest absolute Gasteiger partial charge is 0.472 e. The van der Waals surface area contributed by atoms with Crippen molar-refractivity contribution in [2.45, 2.75) is 387 Å². The summed E-state index contributed by atoms with van der Waals surface area (Å²) in [4.78, 5) is 72.8. The minimum absolute atomic E-state index is 0.101. The smallest absolute Gasteiger partial charge is 0.462 e.